The first kappa shape index (κ1) is 30.2. The lowest BCUT2D eigenvalue weighted by molar-refractivity contribution is -0.193. The topological polar surface area (TPSA) is 125 Å². The molecular weight excluding hydrogens is 534 g/mol. The molecule has 4 heterocycles. The zero-order valence-corrected chi connectivity index (χ0v) is 20.2. The number of nitrogens with zero attached hydrogens (tertiary/aromatic N) is 3. The van der Waals surface area contributed by atoms with Crippen LogP contribution in [0.2, 0.25) is 0 Å². The van der Waals surface area contributed by atoms with Gasteiger partial charge in [-0.2, -0.15) is 26.3 Å². The van der Waals surface area contributed by atoms with Gasteiger partial charge in [0.25, 0.3) is 0 Å². The number of carbonyl (C=O) groups is 2. The smallest absolute Gasteiger partial charge is 0.475 e. The Hall–Kier alpha value is -2.98. The molecule has 16 heteroatoms. The zero-order chi connectivity index (χ0) is 27.9. The second kappa shape index (κ2) is 12.5. The molecule has 2 atom stereocenters. The van der Waals surface area contributed by atoms with Crippen molar-refractivity contribution in [2.24, 2.45) is 0 Å². The number of thiophene rings is 1. The minimum atomic E-state index is -5.08. The second-order valence-corrected chi connectivity index (χ2v) is 9.56. The van der Waals surface area contributed by atoms with Gasteiger partial charge in [0.05, 0.1) is 18.2 Å². The van der Waals surface area contributed by atoms with Gasteiger partial charge < -0.3 is 20.3 Å². The zero-order valence-electron chi connectivity index (χ0n) is 19.3. The Labute approximate surface area is 211 Å². The number of alkyl halides is 6. The average molecular weight is 559 g/mol. The summed E-state index contributed by atoms with van der Waals surface area (Å²) in [5, 5.41) is 17.6. The summed E-state index contributed by atoms with van der Waals surface area (Å²) in [7, 11) is 0. The maximum Gasteiger partial charge on any atom is 0.490 e. The maximum atomic E-state index is 10.6. The number of carboxylic acids is 2. The highest BCUT2D eigenvalue weighted by Crippen LogP contribution is 2.36. The fraction of sp³-hybridized carbons (Fsp3) is 0.524. The van der Waals surface area contributed by atoms with E-state index in [1.165, 1.54) is 9.75 Å². The number of hydrogen-bond donors (Lipinski definition) is 3. The van der Waals surface area contributed by atoms with E-state index in [2.05, 4.69) is 39.2 Å². The predicted molar refractivity (Wildman–Crippen MR) is 119 cm³/mol. The van der Waals surface area contributed by atoms with Crippen LogP contribution in [-0.2, 0) is 20.9 Å². The first-order valence-electron chi connectivity index (χ1n) is 10.6. The van der Waals surface area contributed by atoms with E-state index < -0.39 is 24.3 Å². The summed E-state index contributed by atoms with van der Waals surface area (Å²) in [6.45, 7) is 6.10. The fourth-order valence-electron chi connectivity index (χ4n) is 3.63. The number of aryl methyl sites for hydroxylation is 1. The molecule has 2 aromatic heterocycles. The van der Waals surface area contributed by atoms with Crippen molar-refractivity contribution >= 4 is 29.2 Å². The molecule has 0 aromatic carbocycles. The van der Waals surface area contributed by atoms with Gasteiger partial charge in [-0.05, 0) is 31.5 Å². The molecule has 2 aliphatic heterocycles. The van der Waals surface area contributed by atoms with E-state index in [4.69, 9.17) is 24.5 Å². The lowest BCUT2D eigenvalue weighted by atomic mass is 9.97. The Morgan fingerprint density at radius 2 is 1.70 bits per heavy atom. The lowest BCUT2D eigenvalue weighted by Gasteiger charge is -2.23. The summed E-state index contributed by atoms with van der Waals surface area (Å²) in [6, 6.07) is 6.59. The molecule has 4 rings (SSSR count). The first-order valence-corrected chi connectivity index (χ1v) is 11.5. The van der Waals surface area contributed by atoms with E-state index in [9.17, 15) is 26.3 Å². The molecule has 206 valence electrons. The largest absolute Gasteiger partial charge is 0.490 e. The van der Waals surface area contributed by atoms with Gasteiger partial charge in [-0.15, -0.1) is 11.3 Å². The number of ether oxygens (including phenoxy) is 1. The fourth-order valence-corrected chi connectivity index (χ4v) is 4.56. The van der Waals surface area contributed by atoms with E-state index in [-0.39, 0.29) is 5.60 Å². The van der Waals surface area contributed by atoms with Crippen LogP contribution in [0.4, 0.5) is 32.3 Å². The van der Waals surface area contributed by atoms with Crippen molar-refractivity contribution in [1.29, 1.82) is 0 Å². The van der Waals surface area contributed by atoms with Gasteiger partial charge >= 0.3 is 24.3 Å². The van der Waals surface area contributed by atoms with Crippen LogP contribution in [0, 0.1) is 6.92 Å². The van der Waals surface area contributed by atoms with Gasteiger partial charge in [-0.25, -0.2) is 19.6 Å². The van der Waals surface area contributed by atoms with Crippen LogP contribution < -0.4 is 5.32 Å². The van der Waals surface area contributed by atoms with Crippen LogP contribution in [0.3, 0.4) is 0 Å². The Bertz CT molecular complexity index is 1010. The minimum Gasteiger partial charge on any atom is -0.475 e. The van der Waals surface area contributed by atoms with Crippen molar-refractivity contribution in [3.8, 4) is 0 Å². The summed E-state index contributed by atoms with van der Waals surface area (Å²) >= 11 is 1.90. The van der Waals surface area contributed by atoms with Gasteiger partial charge in [0.15, 0.2) is 0 Å². The van der Waals surface area contributed by atoms with Gasteiger partial charge in [-0.3, -0.25) is 4.90 Å². The number of aromatic nitrogens is 2. The second-order valence-electron chi connectivity index (χ2n) is 8.19. The molecule has 2 saturated heterocycles. The molecule has 0 amide bonds. The molecule has 37 heavy (non-hydrogen) atoms. The van der Waals surface area contributed by atoms with Crippen LogP contribution in [0.1, 0.15) is 22.6 Å². The molecule has 2 aromatic rings. The summed E-state index contributed by atoms with van der Waals surface area (Å²) in [6.07, 6.45) is -4.49. The molecule has 2 fully saturated rings. The number of nitrogens with one attached hydrogen (secondary N) is 1. The van der Waals surface area contributed by atoms with Crippen molar-refractivity contribution in [1.82, 2.24) is 14.9 Å². The van der Waals surface area contributed by atoms with Crippen LogP contribution in [-0.4, -0.2) is 80.7 Å². The quantitative estimate of drug-likeness (QED) is 0.479. The van der Waals surface area contributed by atoms with Crippen LogP contribution >= 0.6 is 11.3 Å². The molecule has 0 aliphatic carbocycles. The molecule has 1 spiro atoms. The number of hydrogen-bond acceptors (Lipinski definition) is 8. The maximum absolute atomic E-state index is 10.6. The molecule has 3 N–H and O–H groups in total. The minimum absolute atomic E-state index is 0.0126. The van der Waals surface area contributed by atoms with Crippen molar-refractivity contribution in [2.45, 2.75) is 50.3 Å². The van der Waals surface area contributed by atoms with Crippen molar-refractivity contribution < 1.29 is 50.9 Å². The summed E-state index contributed by atoms with van der Waals surface area (Å²) in [5.74, 6) is -4.82. The number of carboxylic acid groups (broad SMARTS) is 2. The van der Waals surface area contributed by atoms with Gasteiger partial charge in [-0.1, -0.05) is 0 Å². The normalized spacial score (nSPS) is 21.5. The van der Waals surface area contributed by atoms with E-state index in [1.807, 2.05) is 17.4 Å². The number of likely N-dealkylation sites (tertiary alicyclic amines) is 1. The molecule has 2 unspecified atom stereocenters. The Kier molecular flexibility index (Phi) is 10.2. The number of aliphatic carboxylic acids is 2. The van der Waals surface area contributed by atoms with Crippen LogP contribution in [0.25, 0.3) is 0 Å². The Balaban J connectivity index is 0.000000286. The molecule has 0 radical (unpaired) electrons. The van der Waals surface area contributed by atoms with Gasteiger partial charge in [0.1, 0.15) is 0 Å². The van der Waals surface area contributed by atoms with Gasteiger partial charge in [0.2, 0.25) is 5.95 Å². The Morgan fingerprint density at radius 3 is 2.19 bits per heavy atom. The third kappa shape index (κ3) is 10.1. The average Bonchev–Trinajstić information content (AvgIpc) is 3.50. The molecule has 0 saturated carbocycles. The predicted octanol–water partition coefficient (Wildman–Crippen LogP) is 3.96. The highest BCUT2D eigenvalue weighted by atomic mass is 32.1. The highest BCUT2D eigenvalue weighted by Gasteiger charge is 2.45. The lowest BCUT2D eigenvalue weighted by Crippen LogP contribution is -2.33. The van der Waals surface area contributed by atoms with E-state index in [0.29, 0.717) is 12.0 Å². The molecule has 0 bridgehead atoms. The van der Waals surface area contributed by atoms with Crippen molar-refractivity contribution in [2.75, 3.05) is 25.0 Å². The third-order valence-corrected chi connectivity index (χ3v) is 6.15. The first-order chi connectivity index (χ1) is 17.1. The monoisotopic (exact) mass is 558 g/mol. The molecular formula is C21H24F6N4O5S. The Morgan fingerprint density at radius 1 is 1.14 bits per heavy atom. The third-order valence-electron chi connectivity index (χ3n) is 5.16. The summed E-state index contributed by atoms with van der Waals surface area (Å²) in [5.41, 5.74) is 0.0126. The SMILES string of the molecule is Cc1ccc(CN2CCC3(CC(Nc4ncccn4)CO3)C2)s1.O=C(O)C(F)(F)F.O=C(O)C(F)(F)F. The van der Waals surface area contributed by atoms with Crippen LogP contribution in [0.15, 0.2) is 30.6 Å². The highest BCUT2D eigenvalue weighted by molar-refractivity contribution is 7.11. The summed E-state index contributed by atoms with van der Waals surface area (Å²) < 4.78 is 69.7. The van der Waals surface area contributed by atoms with E-state index >= 15 is 0 Å². The van der Waals surface area contributed by atoms with E-state index in [0.717, 1.165) is 39.1 Å². The molecule has 9 nitrogen and oxygen atoms in total. The van der Waals surface area contributed by atoms with Crippen molar-refractivity contribution in [3.63, 3.8) is 0 Å². The number of anilines is 1. The standard InChI is InChI=1S/C17H22N4OS.2C2HF3O2/c1-13-3-4-15(23-13)10-21-8-5-17(12-21)9-14(11-22-17)20-16-18-6-2-7-19-16;2*3-2(4,5)1(6)7/h2-4,6-7,14H,5,8-12H2,1H3,(H,18,19,20);2*(H,6,7). The van der Waals surface area contributed by atoms with Crippen LogP contribution in [0.5, 0.6) is 0 Å². The summed E-state index contributed by atoms with van der Waals surface area (Å²) in [4.78, 5) is 31.6. The molecule has 2 aliphatic rings. The van der Waals surface area contributed by atoms with Crippen molar-refractivity contribution in [3.05, 3.63) is 40.3 Å². The number of halogens is 6. The number of rotatable bonds is 4. The van der Waals surface area contributed by atoms with E-state index in [1.54, 1.807) is 12.4 Å². The van der Waals surface area contributed by atoms with Gasteiger partial charge in [0, 0.05) is 48.2 Å².